The van der Waals surface area contributed by atoms with Crippen LogP contribution >= 0.6 is 0 Å². The Morgan fingerprint density at radius 1 is 1.07 bits per heavy atom. The number of fused-ring (bicyclic) bond motifs is 1. The summed E-state index contributed by atoms with van der Waals surface area (Å²) in [6.45, 7) is 16.0. The molecule has 0 aromatic heterocycles. The van der Waals surface area contributed by atoms with Crippen molar-refractivity contribution < 1.29 is 10.2 Å². The van der Waals surface area contributed by atoms with Crippen LogP contribution in [0.15, 0.2) is 47.6 Å². The topological polar surface area (TPSA) is 40.5 Å². The van der Waals surface area contributed by atoms with E-state index in [9.17, 15) is 10.2 Å². The molecule has 3 saturated carbocycles. The summed E-state index contributed by atoms with van der Waals surface area (Å²) < 4.78 is 0. The van der Waals surface area contributed by atoms with Crippen LogP contribution in [-0.2, 0) is 0 Å². The van der Waals surface area contributed by atoms with Crippen LogP contribution in [0.3, 0.4) is 0 Å². The standard InChI is InChI=1S/C28H44O2/c1-18(2)19(3)9-10-20(4)25-13-14-26-22(8-7-15-28(25,26)6)11-12-23-16-24(29)17-27(30)21(23)5/h9-12,18-20,24-27,29-30H,5,7-8,13-17H2,1-4,6H3/b10-9+,22-11-,23-12+/t19?,20-,24+,25-,26-,27-,28-/m1/s1. The molecule has 2 heteroatoms. The minimum atomic E-state index is -0.605. The van der Waals surface area contributed by atoms with Gasteiger partial charge in [0.2, 0.25) is 0 Å². The van der Waals surface area contributed by atoms with Gasteiger partial charge in [0.05, 0.1) is 12.2 Å². The summed E-state index contributed by atoms with van der Waals surface area (Å²) in [5, 5.41) is 20.2. The Morgan fingerprint density at radius 2 is 1.80 bits per heavy atom. The van der Waals surface area contributed by atoms with Gasteiger partial charge in [-0.05, 0) is 84.7 Å². The van der Waals surface area contributed by atoms with Crippen LogP contribution in [0.5, 0.6) is 0 Å². The van der Waals surface area contributed by atoms with Gasteiger partial charge in [0.15, 0.2) is 0 Å². The van der Waals surface area contributed by atoms with Gasteiger partial charge in [-0.3, -0.25) is 0 Å². The first-order chi connectivity index (χ1) is 14.1. The lowest BCUT2D eigenvalue weighted by atomic mass is 9.61. The summed E-state index contributed by atoms with van der Waals surface area (Å²) in [5.74, 6) is 3.38. The largest absolute Gasteiger partial charge is 0.393 e. The summed E-state index contributed by atoms with van der Waals surface area (Å²) in [4.78, 5) is 0. The summed E-state index contributed by atoms with van der Waals surface area (Å²) in [7, 11) is 0. The summed E-state index contributed by atoms with van der Waals surface area (Å²) in [5.41, 5.74) is 3.77. The summed E-state index contributed by atoms with van der Waals surface area (Å²) >= 11 is 0. The van der Waals surface area contributed by atoms with Gasteiger partial charge >= 0.3 is 0 Å². The van der Waals surface area contributed by atoms with Crippen molar-refractivity contribution in [2.45, 2.75) is 91.8 Å². The molecule has 7 atom stereocenters. The zero-order valence-corrected chi connectivity index (χ0v) is 19.9. The van der Waals surface area contributed by atoms with Crippen molar-refractivity contribution in [3.05, 3.63) is 47.6 Å². The molecule has 0 spiro atoms. The minimum absolute atomic E-state index is 0.385. The van der Waals surface area contributed by atoms with Crippen LogP contribution in [0, 0.1) is 35.0 Å². The molecule has 2 nitrogen and oxygen atoms in total. The molecule has 0 aliphatic heterocycles. The highest BCUT2D eigenvalue weighted by atomic mass is 16.3. The molecule has 0 heterocycles. The maximum atomic E-state index is 10.1. The molecule has 3 fully saturated rings. The van der Waals surface area contributed by atoms with Gasteiger partial charge < -0.3 is 10.2 Å². The minimum Gasteiger partial charge on any atom is -0.393 e. The number of aliphatic hydroxyl groups excluding tert-OH is 2. The van der Waals surface area contributed by atoms with Gasteiger partial charge in [-0.25, -0.2) is 0 Å². The van der Waals surface area contributed by atoms with Crippen molar-refractivity contribution in [2.24, 2.45) is 35.0 Å². The van der Waals surface area contributed by atoms with E-state index in [2.05, 4.69) is 65.5 Å². The van der Waals surface area contributed by atoms with E-state index in [1.54, 1.807) is 5.57 Å². The van der Waals surface area contributed by atoms with E-state index in [-0.39, 0.29) is 0 Å². The van der Waals surface area contributed by atoms with Crippen LogP contribution in [-0.4, -0.2) is 22.4 Å². The highest BCUT2D eigenvalue weighted by Gasteiger charge is 2.50. The fourth-order valence-electron chi connectivity index (χ4n) is 6.32. The molecule has 0 saturated heterocycles. The molecule has 0 aromatic carbocycles. The highest BCUT2D eigenvalue weighted by Crippen LogP contribution is 2.59. The monoisotopic (exact) mass is 412 g/mol. The number of hydrogen-bond donors (Lipinski definition) is 2. The van der Waals surface area contributed by atoms with Gasteiger partial charge in [0, 0.05) is 6.42 Å². The maximum absolute atomic E-state index is 10.1. The Hall–Kier alpha value is -1.12. The Kier molecular flexibility index (Phi) is 7.51. The van der Waals surface area contributed by atoms with E-state index < -0.39 is 12.2 Å². The fraction of sp³-hybridized carbons (Fsp3) is 0.714. The number of allylic oxidation sites excluding steroid dienone is 5. The van der Waals surface area contributed by atoms with Gasteiger partial charge in [0.25, 0.3) is 0 Å². The van der Waals surface area contributed by atoms with Crippen LogP contribution in [0.2, 0.25) is 0 Å². The van der Waals surface area contributed by atoms with Crippen LogP contribution in [0.1, 0.15) is 79.6 Å². The zero-order valence-electron chi connectivity index (χ0n) is 19.9. The number of rotatable bonds is 5. The van der Waals surface area contributed by atoms with Crippen molar-refractivity contribution in [3.8, 4) is 0 Å². The lowest BCUT2D eigenvalue weighted by Gasteiger charge is -2.44. The van der Waals surface area contributed by atoms with E-state index in [0.29, 0.717) is 41.9 Å². The second-order valence-electron chi connectivity index (χ2n) is 11.0. The van der Waals surface area contributed by atoms with Gasteiger partial charge in [0.1, 0.15) is 0 Å². The third-order valence-corrected chi connectivity index (χ3v) is 8.71. The average molecular weight is 413 g/mol. The third kappa shape index (κ3) is 4.86. The van der Waals surface area contributed by atoms with E-state index >= 15 is 0 Å². The summed E-state index contributed by atoms with van der Waals surface area (Å²) in [6, 6.07) is 0. The van der Waals surface area contributed by atoms with Crippen LogP contribution < -0.4 is 0 Å². The normalized spacial score (nSPS) is 39.8. The first-order valence-electron chi connectivity index (χ1n) is 12.3. The van der Waals surface area contributed by atoms with Crippen molar-refractivity contribution in [2.75, 3.05) is 0 Å². The van der Waals surface area contributed by atoms with Gasteiger partial charge in [-0.15, -0.1) is 0 Å². The number of aliphatic hydroxyl groups is 2. The molecule has 0 amide bonds. The van der Waals surface area contributed by atoms with Gasteiger partial charge in [-0.2, -0.15) is 0 Å². The predicted molar refractivity (Wildman–Crippen MR) is 127 cm³/mol. The second-order valence-corrected chi connectivity index (χ2v) is 11.0. The Labute approximate surface area is 184 Å². The summed E-state index contributed by atoms with van der Waals surface area (Å²) in [6.07, 6.45) is 15.8. The lowest BCUT2D eigenvalue weighted by molar-refractivity contribution is 0.0862. The highest BCUT2D eigenvalue weighted by molar-refractivity contribution is 5.38. The molecule has 168 valence electrons. The molecule has 30 heavy (non-hydrogen) atoms. The zero-order chi connectivity index (χ0) is 22.1. The predicted octanol–water partition coefficient (Wildman–Crippen LogP) is 6.61. The quantitative estimate of drug-likeness (QED) is 0.499. The van der Waals surface area contributed by atoms with E-state index in [1.165, 1.54) is 32.1 Å². The lowest BCUT2D eigenvalue weighted by Crippen LogP contribution is -2.35. The second kappa shape index (κ2) is 9.57. The number of hydrogen-bond acceptors (Lipinski definition) is 2. The maximum Gasteiger partial charge on any atom is 0.0811 e. The van der Waals surface area contributed by atoms with E-state index in [0.717, 1.165) is 17.1 Å². The Balaban J connectivity index is 1.76. The smallest absolute Gasteiger partial charge is 0.0811 e. The molecule has 0 aromatic rings. The molecule has 3 rings (SSSR count). The Morgan fingerprint density at radius 3 is 2.50 bits per heavy atom. The molecular weight excluding hydrogens is 368 g/mol. The Bertz CT molecular complexity index is 712. The molecule has 0 bridgehead atoms. The molecule has 1 unspecified atom stereocenters. The molecule has 3 aliphatic rings. The molecule has 3 aliphatic carbocycles. The van der Waals surface area contributed by atoms with Crippen molar-refractivity contribution >= 4 is 0 Å². The fourth-order valence-corrected chi connectivity index (χ4v) is 6.32. The van der Waals surface area contributed by atoms with Crippen molar-refractivity contribution in [1.29, 1.82) is 0 Å². The van der Waals surface area contributed by atoms with E-state index in [4.69, 9.17) is 0 Å². The van der Waals surface area contributed by atoms with Crippen molar-refractivity contribution in [1.82, 2.24) is 0 Å². The first-order valence-corrected chi connectivity index (χ1v) is 12.3. The molecule has 0 radical (unpaired) electrons. The van der Waals surface area contributed by atoms with Crippen LogP contribution in [0.4, 0.5) is 0 Å². The van der Waals surface area contributed by atoms with Gasteiger partial charge in [-0.1, -0.05) is 71.1 Å². The average Bonchev–Trinajstić information content (AvgIpc) is 3.04. The van der Waals surface area contributed by atoms with E-state index in [1.807, 2.05) is 0 Å². The van der Waals surface area contributed by atoms with Crippen LogP contribution in [0.25, 0.3) is 0 Å². The SMILES string of the molecule is C=C1/C(=C/C=C2/CCC[C@@]3(C)[C@@H]2CC[C@@H]3[C@H](C)/C=C/C(C)C(C)C)C[C@H](O)C[C@H]1O. The molecular formula is C28H44O2. The third-order valence-electron chi connectivity index (χ3n) is 8.71. The van der Waals surface area contributed by atoms with Crippen molar-refractivity contribution in [3.63, 3.8) is 0 Å². The first kappa shape index (κ1) is 23.5. The molecule has 2 N–H and O–H groups in total.